The highest BCUT2D eigenvalue weighted by Crippen LogP contribution is 2.40. The molecule has 0 bridgehead atoms. The lowest BCUT2D eigenvalue weighted by Gasteiger charge is -2.44. The first kappa shape index (κ1) is 26.9. The van der Waals surface area contributed by atoms with Crippen molar-refractivity contribution in [3.63, 3.8) is 0 Å². The van der Waals surface area contributed by atoms with Gasteiger partial charge in [-0.2, -0.15) is 0 Å². The zero-order valence-electron chi connectivity index (χ0n) is 20.2. The molecule has 0 aliphatic carbocycles. The Morgan fingerprint density at radius 2 is 0.769 bits per heavy atom. The molecule has 0 aromatic carbocycles. The lowest BCUT2D eigenvalue weighted by atomic mass is 10.2. The van der Waals surface area contributed by atoms with Crippen LogP contribution >= 0.6 is 0 Å². The van der Waals surface area contributed by atoms with Crippen LogP contribution in [0, 0.1) is 0 Å². The average Bonchev–Trinajstić information content (AvgIpc) is 2.18. The van der Waals surface area contributed by atoms with Gasteiger partial charge >= 0.3 is 26.4 Å². The molecule has 4 nitrogen and oxygen atoms in total. The van der Waals surface area contributed by atoms with E-state index in [1.807, 2.05) is 0 Å². The molecule has 0 radical (unpaired) electrons. The maximum atomic E-state index is 6.62. The predicted octanol–water partition coefficient (Wildman–Crippen LogP) is 6.32. The molecule has 0 atom stereocenters. The molecule has 0 aromatic heterocycles. The Labute approximate surface area is 170 Å². The number of hydrogen-bond donors (Lipinski definition) is 0. The fourth-order valence-electron chi connectivity index (χ4n) is 2.41. The third kappa shape index (κ3) is 8.52. The van der Waals surface area contributed by atoms with Gasteiger partial charge < -0.3 is 16.5 Å². The Morgan fingerprint density at radius 3 is 0.962 bits per heavy atom. The largest absolute Gasteiger partial charge is 0.436 e. The van der Waals surface area contributed by atoms with Gasteiger partial charge in [0.05, 0.1) is 0 Å². The molecule has 0 N–H and O–H groups in total. The topological polar surface area (TPSA) is 36.9 Å². The summed E-state index contributed by atoms with van der Waals surface area (Å²) in [6, 6.07) is 0. The van der Waals surface area contributed by atoms with E-state index in [-0.39, 0.29) is 10.1 Å². The van der Waals surface area contributed by atoms with Crippen LogP contribution in [0.15, 0.2) is 0 Å². The fraction of sp³-hybridized carbons (Fsp3) is 1.00. The molecular weight excluding hydrogens is 409 g/mol. The van der Waals surface area contributed by atoms with Crippen molar-refractivity contribution in [2.24, 2.45) is 0 Å². The van der Waals surface area contributed by atoms with Crippen molar-refractivity contribution in [3.8, 4) is 0 Å². The molecule has 0 spiro atoms. The fourth-order valence-corrected chi connectivity index (χ4v) is 23.0. The molecule has 0 amide bonds. The van der Waals surface area contributed by atoms with E-state index in [9.17, 15) is 0 Å². The molecule has 9 heteroatoms. The lowest BCUT2D eigenvalue weighted by Crippen LogP contribution is -2.56. The standard InChI is InChI=1S/C17H46O4Si5/c1-16(2,3)23(8,9)20-25(12,13)18-22(7)19-26(14,15)21-24(10,11)17(4,5)6/h22H,1-15H3. The van der Waals surface area contributed by atoms with Gasteiger partial charge in [-0.1, -0.05) is 41.5 Å². The highest BCUT2D eigenvalue weighted by atomic mass is 28.5. The van der Waals surface area contributed by atoms with Gasteiger partial charge in [0, 0.05) is 0 Å². The molecule has 0 saturated heterocycles. The van der Waals surface area contributed by atoms with Crippen LogP contribution in [0.2, 0.25) is 69.0 Å². The van der Waals surface area contributed by atoms with E-state index in [1.54, 1.807) is 0 Å². The van der Waals surface area contributed by atoms with Gasteiger partial charge in [0.25, 0.3) is 0 Å². The summed E-state index contributed by atoms with van der Waals surface area (Å²) in [5.41, 5.74) is 0. The molecule has 0 saturated carbocycles. The summed E-state index contributed by atoms with van der Waals surface area (Å²) in [5, 5.41) is 0.373. The summed E-state index contributed by atoms with van der Waals surface area (Å²) in [6.45, 7) is 33.5. The SMILES string of the molecule is C[SiH](O[Si](C)(C)O[Si](C)(C)C(C)(C)C)O[Si](C)(C)O[Si](C)(C)C(C)(C)C. The van der Waals surface area contributed by atoms with Crippen LogP contribution in [0.3, 0.4) is 0 Å². The van der Waals surface area contributed by atoms with Crippen LogP contribution < -0.4 is 0 Å². The van der Waals surface area contributed by atoms with Crippen LogP contribution in [-0.2, 0) is 16.5 Å². The second-order valence-electron chi connectivity index (χ2n) is 11.3. The highest BCUT2D eigenvalue weighted by Gasteiger charge is 2.46. The summed E-state index contributed by atoms with van der Waals surface area (Å²) in [6.07, 6.45) is 0. The second-order valence-corrected chi connectivity index (χ2v) is 30.6. The highest BCUT2D eigenvalue weighted by molar-refractivity contribution is 6.88. The maximum absolute atomic E-state index is 6.62. The predicted molar refractivity (Wildman–Crippen MR) is 127 cm³/mol. The van der Waals surface area contributed by atoms with Crippen LogP contribution in [0.25, 0.3) is 0 Å². The monoisotopic (exact) mass is 454 g/mol. The zero-order chi connectivity index (χ0) is 21.4. The zero-order valence-corrected chi connectivity index (χ0v) is 25.4. The summed E-state index contributed by atoms with van der Waals surface area (Å²) in [5.74, 6) is 0. The molecule has 0 rings (SSSR count). The first-order chi connectivity index (χ1) is 11.0. The Balaban J connectivity index is 4.99. The van der Waals surface area contributed by atoms with Crippen LogP contribution in [-0.4, -0.2) is 43.0 Å². The molecule has 158 valence electrons. The quantitative estimate of drug-likeness (QED) is 0.402. The van der Waals surface area contributed by atoms with Crippen LogP contribution in [0.5, 0.6) is 0 Å². The van der Waals surface area contributed by atoms with Crippen molar-refractivity contribution >= 4 is 43.0 Å². The van der Waals surface area contributed by atoms with Gasteiger partial charge in [-0.05, 0) is 69.0 Å². The molecule has 0 aliphatic heterocycles. The van der Waals surface area contributed by atoms with Gasteiger partial charge in [0.1, 0.15) is 0 Å². The van der Waals surface area contributed by atoms with Gasteiger partial charge in [-0.15, -0.1) is 0 Å². The minimum Gasteiger partial charge on any atom is -0.436 e. The van der Waals surface area contributed by atoms with E-state index < -0.39 is 43.0 Å². The average molecular weight is 455 g/mol. The van der Waals surface area contributed by atoms with Gasteiger partial charge in [0.15, 0.2) is 16.6 Å². The molecule has 0 fully saturated rings. The minimum atomic E-state index is -2.23. The number of rotatable bonds is 8. The van der Waals surface area contributed by atoms with E-state index in [4.69, 9.17) is 16.5 Å². The Kier molecular flexibility index (Phi) is 8.64. The van der Waals surface area contributed by atoms with E-state index in [0.717, 1.165) is 0 Å². The van der Waals surface area contributed by atoms with E-state index in [1.165, 1.54) is 0 Å². The smallest absolute Gasteiger partial charge is 0.312 e. The van der Waals surface area contributed by atoms with Crippen molar-refractivity contribution in [2.75, 3.05) is 0 Å². The van der Waals surface area contributed by atoms with Crippen LogP contribution in [0.1, 0.15) is 41.5 Å². The summed E-state index contributed by atoms with van der Waals surface area (Å²) in [7, 11) is -9.96. The molecule has 26 heavy (non-hydrogen) atoms. The van der Waals surface area contributed by atoms with Crippen molar-refractivity contribution in [2.45, 2.75) is 111 Å². The second kappa shape index (κ2) is 8.35. The first-order valence-corrected chi connectivity index (χ1v) is 23.3. The van der Waals surface area contributed by atoms with Gasteiger partial charge in [-0.25, -0.2) is 0 Å². The molecular formula is C17H46O4Si5. The van der Waals surface area contributed by atoms with Crippen molar-refractivity contribution in [1.82, 2.24) is 0 Å². The molecule has 0 heterocycles. The van der Waals surface area contributed by atoms with E-state index in [0.29, 0.717) is 0 Å². The van der Waals surface area contributed by atoms with Crippen molar-refractivity contribution < 1.29 is 16.5 Å². The third-order valence-electron chi connectivity index (χ3n) is 5.51. The maximum Gasteiger partial charge on any atom is 0.312 e. The minimum absolute atomic E-state index is 0.186. The molecule has 0 aliphatic rings. The first-order valence-electron chi connectivity index (χ1n) is 9.77. The van der Waals surface area contributed by atoms with E-state index >= 15 is 0 Å². The van der Waals surface area contributed by atoms with Crippen LogP contribution in [0.4, 0.5) is 0 Å². The van der Waals surface area contributed by atoms with Gasteiger partial charge in [0.2, 0.25) is 0 Å². The van der Waals surface area contributed by atoms with Gasteiger partial charge in [-0.3, -0.25) is 0 Å². The summed E-state index contributed by atoms with van der Waals surface area (Å²) in [4.78, 5) is 0. The van der Waals surface area contributed by atoms with E-state index in [2.05, 4.69) is 100 Å². The third-order valence-corrected chi connectivity index (χ3v) is 28.0. The Bertz CT molecular complexity index is 423. The molecule has 0 unspecified atom stereocenters. The molecule has 0 aromatic rings. The Hall–Kier alpha value is 0.924. The normalized spacial score (nSPS) is 15.7. The number of hydrogen-bond acceptors (Lipinski definition) is 4. The van der Waals surface area contributed by atoms with Crippen molar-refractivity contribution in [1.29, 1.82) is 0 Å². The Morgan fingerprint density at radius 1 is 0.538 bits per heavy atom. The summed E-state index contributed by atoms with van der Waals surface area (Å²) < 4.78 is 26.1. The lowest BCUT2D eigenvalue weighted by molar-refractivity contribution is 0.309. The van der Waals surface area contributed by atoms with Crippen molar-refractivity contribution in [3.05, 3.63) is 0 Å². The summed E-state index contributed by atoms with van der Waals surface area (Å²) >= 11 is 0.